The van der Waals surface area contributed by atoms with Crippen LogP contribution in [0.25, 0.3) is 0 Å². The molecule has 0 bridgehead atoms. The van der Waals surface area contributed by atoms with Gasteiger partial charge in [0.25, 0.3) is 0 Å². The first kappa shape index (κ1) is 14.5. The number of benzene rings is 1. The Hall–Kier alpha value is -0.600. The summed E-state index contributed by atoms with van der Waals surface area (Å²) in [6.45, 7) is 5.39. The molecular weight excluding hydrogens is 237 g/mol. The molecule has 96 valence electrons. The molecule has 1 nitrogen and oxygen atoms in total. The number of hydrogen-bond acceptors (Lipinski definition) is 1. The predicted octanol–water partition coefficient (Wildman–Crippen LogP) is 3.90. The second-order valence-electron chi connectivity index (χ2n) is 5.01. The van der Waals surface area contributed by atoms with Gasteiger partial charge in [-0.05, 0) is 56.0 Å². The van der Waals surface area contributed by atoms with E-state index in [0.717, 1.165) is 24.9 Å². The van der Waals surface area contributed by atoms with Crippen molar-refractivity contribution in [3.05, 3.63) is 34.6 Å². The third-order valence-electron chi connectivity index (χ3n) is 2.81. The van der Waals surface area contributed by atoms with E-state index in [9.17, 15) is 4.39 Å². The summed E-state index contributed by atoms with van der Waals surface area (Å²) in [6.07, 6.45) is 2.04. The molecular formula is C14H21ClFN. The van der Waals surface area contributed by atoms with E-state index in [1.54, 1.807) is 12.1 Å². The molecule has 3 heteroatoms. The van der Waals surface area contributed by atoms with Gasteiger partial charge in [0, 0.05) is 0 Å². The fraction of sp³-hybridized carbons (Fsp3) is 0.571. The van der Waals surface area contributed by atoms with Gasteiger partial charge >= 0.3 is 0 Å². The highest BCUT2D eigenvalue weighted by molar-refractivity contribution is 6.30. The van der Waals surface area contributed by atoms with Gasteiger partial charge < -0.3 is 5.32 Å². The maximum Gasteiger partial charge on any atom is 0.142 e. The van der Waals surface area contributed by atoms with Crippen molar-refractivity contribution in [3.63, 3.8) is 0 Å². The summed E-state index contributed by atoms with van der Waals surface area (Å²) in [4.78, 5) is 0. The molecule has 0 aliphatic rings. The maximum atomic E-state index is 13.3. The number of hydrogen-bond donors (Lipinski definition) is 1. The highest BCUT2D eigenvalue weighted by atomic mass is 35.5. The first-order valence-electron chi connectivity index (χ1n) is 6.11. The fourth-order valence-electron chi connectivity index (χ4n) is 2.19. The monoisotopic (exact) mass is 257 g/mol. The van der Waals surface area contributed by atoms with Crippen molar-refractivity contribution in [2.24, 2.45) is 11.8 Å². The predicted molar refractivity (Wildman–Crippen MR) is 72.0 cm³/mol. The van der Waals surface area contributed by atoms with Crippen LogP contribution in [-0.4, -0.2) is 13.6 Å². The van der Waals surface area contributed by atoms with Gasteiger partial charge in [-0.25, -0.2) is 4.39 Å². The van der Waals surface area contributed by atoms with Crippen LogP contribution in [0.5, 0.6) is 0 Å². The van der Waals surface area contributed by atoms with E-state index in [1.807, 2.05) is 13.1 Å². The van der Waals surface area contributed by atoms with Crippen molar-refractivity contribution < 1.29 is 4.39 Å². The van der Waals surface area contributed by atoms with Crippen LogP contribution in [0.15, 0.2) is 18.2 Å². The van der Waals surface area contributed by atoms with E-state index in [0.29, 0.717) is 11.8 Å². The summed E-state index contributed by atoms with van der Waals surface area (Å²) in [5.41, 5.74) is 1.02. The van der Waals surface area contributed by atoms with Gasteiger partial charge in [0.2, 0.25) is 0 Å². The van der Waals surface area contributed by atoms with E-state index in [-0.39, 0.29) is 10.8 Å². The van der Waals surface area contributed by atoms with Crippen molar-refractivity contribution in [3.8, 4) is 0 Å². The van der Waals surface area contributed by atoms with Crippen molar-refractivity contribution in [1.29, 1.82) is 0 Å². The summed E-state index contributed by atoms with van der Waals surface area (Å²) in [5, 5.41) is 3.40. The lowest BCUT2D eigenvalue weighted by Gasteiger charge is -2.18. The Bertz CT molecular complexity index is 352. The Balaban J connectivity index is 2.67. The minimum Gasteiger partial charge on any atom is -0.319 e. The minimum atomic E-state index is -0.322. The van der Waals surface area contributed by atoms with Crippen LogP contribution in [0.2, 0.25) is 5.02 Å². The molecule has 0 amide bonds. The molecule has 1 rings (SSSR count). The lowest BCUT2D eigenvalue weighted by Crippen LogP contribution is -2.22. The molecule has 0 saturated heterocycles. The molecule has 1 atom stereocenters. The third kappa shape index (κ3) is 5.05. The Morgan fingerprint density at radius 3 is 2.59 bits per heavy atom. The van der Waals surface area contributed by atoms with Crippen molar-refractivity contribution in [2.75, 3.05) is 13.6 Å². The van der Waals surface area contributed by atoms with E-state index in [4.69, 9.17) is 11.6 Å². The Kier molecular flexibility index (Phi) is 5.93. The fourth-order valence-corrected chi connectivity index (χ4v) is 2.31. The first-order valence-corrected chi connectivity index (χ1v) is 6.49. The lowest BCUT2D eigenvalue weighted by atomic mass is 9.91. The zero-order valence-electron chi connectivity index (χ0n) is 10.8. The quantitative estimate of drug-likeness (QED) is 0.815. The molecule has 0 spiro atoms. The van der Waals surface area contributed by atoms with Crippen molar-refractivity contribution in [2.45, 2.75) is 26.7 Å². The molecule has 0 heterocycles. The smallest absolute Gasteiger partial charge is 0.142 e. The standard InChI is InChI=1S/C14H21ClFN/c1-10(2)6-12(9-17-3)7-11-4-5-13(15)14(16)8-11/h4-5,8,10,12,17H,6-7,9H2,1-3H3. The molecule has 0 fully saturated rings. The van der Waals surface area contributed by atoms with Gasteiger partial charge in [0.15, 0.2) is 0 Å². The molecule has 0 radical (unpaired) electrons. The van der Waals surface area contributed by atoms with E-state index >= 15 is 0 Å². The second-order valence-corrected chi connectivity index (χ2v) is 5.41. The molecule has 0 aliphatic carbocycles. The summed E-state index contributed by atoms with van der Waals surface area (Å²) in [6, 6.07) is 5.09. The topological polar surface area (TPSA) is 12.0 Å². The second kappa shape index (κ2) is 6.97. The zero-order chi connectivity index (χ0) is 12.8. The van der Waals surface area contributed by atoms with Gasteiger partial charge in [0.1, 0.15) is 5.82 Å². The molecule has 1 unspecified atom stereocenters. The highest BCUT2D eigenvalue weighted by Gasteiger charge is 2.12. The summed E-state index contributed by atoms with van der Waals surface area (Å²) in [5.74, 6) is 0.878. The minimum absolute atomic E-state index is 0.197. The first-order chi connectivity index (χ1) is 8.02. The lowest BCUT2D eigenvalue weighted by molar-refractivity contribution is 0.395. The Labute approximate surface area is 108 Å². The Morgan fingerprint density at radius 2 is 2.06 bits per heavy atom. The average Bonchev–Trinajstić information content (AvgIpc) is 2.23. The van der Waals surface area contributed by atoms with Crippen LogP contribution >= 0.6 is 11.6 Å². The molecule has 1 aromatic carbocycles. The number of nitrogens with one attached hydrogen (secondary N) is 1. The summed E-state index contributed by atoms with van der Waals surface area (Å²) < 4.78 is 13.3. The highest BCUT2D eigenvalue weighted by Crippen LogP contribution is 2.20. The molecule has 1 aromatic rings. The van der Waals surface area contributed by atoms with Crippen molar-refractivity contribution in [1.82, 2.24) is 5.32 Å². The molecule has 0 saturated carbocycles. The van der Waals surface area contributed by atoms with Crippen LogP contribution in [0.4, 0.5) is 4.39 Å². The largest absolute Gasteiger partial charge is 0.319 e. The molecule has 17 heavy (non-hydrogen) atoms. The van der Waals surface area contributed by atoms with Crippen LogP contribution in [0.1, 0.15) is 25.8 Å². The molecule has 0 aromatic heterocycles. The normalized spacial score (nSPS) is 13.1. The third-order valence-corrected chi connectivity index (χ3v) is 3.11. The number of rotatable bonds is 6. The SMILES string of the molecule is CNCC(Cc1ccc(Cl)c(F)c1)CC(C)C. The average molecular weight is 258 g/mol. The van der Waals surface area contributed by atoms with Crippen LogP contribution in [0, 0.1) is 17.7 Å². The van der Waals surface area contributed by atoms with Crippen LogP contribution in [-0.2, 0) is 6.42 Å². The number of halogens is 2. The summed E-state index contributed by atoms with van der Waals surface area (Å²) >= 11 is 5.68. The van der Waals surface area contributed by atoms with E-state index in [1.165, 1.54) is 0 Å². The van der Waals surface area contributed by atoms with E-state index in [2.05, 4.69) is 19.2 Å². The van der Waals surface area contributed by atoms with E-state index < -0.39 is 0 Å². The Morgan fingerprint density at radius 1 is 1.35 bits per heavy atom. The maximum absolute atomic E-state index is 13.3. The zero-order valence-corrected chi connectivity index (χ0v) is 11.5. The van der Waals surface area contributed by atoms with Gasteiger partial charge in [-0.2, -0.15) is 0 Å². The molecule has 1 N–H and O–H groups in total. The van der Waals surface area contributed by atoms with Gasteiger partial charge in [-0.15, -0.1) is 0 Å². The van der Waals surface area contributed by atoms with Crippen LogP contribution < -0.4 is 5.32 Å². The van der Waals surface area contributed by atoms with Crippen LogP contribution in [0.3, 0.4) is 0 Å². The van der Waals surface area contributed by atoms with Gasteiger partial charge in [-0.1, -0.05) is 31.5 Å². The molecule has 0 aliphatic heterocycles. The van der Waals surface area contributed by atoms with Crippen molar-refractivity contribution >= 4 is 11.6 Å². The summed E-state index contributed by atoms with van der Waals surface area (Å²) in [7, 11) is 1.95. The van der Waals surface area contributed by atoms with Gasteiger partial charge in [0.05, 0.1) is 5.02 Å². The van der Waals surface area contributed by atoms with Gasteiger partial charge in [-0.3, -0.25) is 0 Å².